The summed E-state index contributed by atoms with van der Waals surface area (Å²) < 4.78 is 0.613. The minimum absolute atomic E-state index is 0.107. The van der Waals surface area contributed by atoms with Crippen molar-refractivity contribution >= 4 is 21.7 Å². The van der Waals surface area contributed by atoms with Crippen LogP contribution in [0.15, 0.2) is 16.7 Å². The van der Waals surface area contributed by atoms with E-state index in [-0.39, 0.29) is 5.75 Å². The lowest BCUT2D eigenvalue weighted by atomic mass is 10.4. The fraction of sp³-hybridized carbons (Fsp3) is 0.286. The van der Waals surface area contributed by atoms with Crippen molar-refractivity contribution in [3.63, 3.8) is 0 Å². The van der Waals surface area contributed by atoms with Gasteiger partial charge in [0.15, 0.2) is 0 Å². The number of aromatic nitrogens is 1. The zero-order chi connectivity index (χ0) is 8.85. The quantitative estimate of drug-likeness (QED) is 0.702. The lowest BCUT2D eigenvalue weighted by molar-refractivity contribution is 0.472. The number of nitrogens with zero attached hydrogens (tertiary/aromatic N) is 1. The van der Waals surface area contributed by atoms with Crippen molar-refractivity contribution in [2.24, 2.45) is 0 Å². The van der Waals surface area contributed by atoms with E-state index in [4.69, 9.17) is 10.8 Å². The Bertz CT molecular complexity index is 228. The summed E-state index contributed by atoms with van der Waals surface area (Å²) in [5.74, 6) is 0.490. The van der Waals surface area contributed by atoms with E-state index >= 15 is 0 Å². The second-order valence-corrected chi connectivity index (χ2v) is 2.41. The molecule has 4 heteroatoms. The van der Waals surface area contributed by atoms with Gasteiger partial charge in [-0.15, -0.1) is 0 Å². The molecule has 0 unspecified atom stereocenters. The molecule has 0 bridgehead atoms. The van der Waals surface area contributed by atoms with E-state index in [1.807, 2.05) is 13.8 Å². The van der Waals surface area contributed by atoms with Crippen LogP contribution < -0.4 is 5.73 Å². The van der Waals surface area contributed by atoms with Gasteiger partial charge in [-0.2, -0.15) is 0 Å². The third-order valence-electron chi connectivity index (χ3n) is 0.855. The number of pyridine rings is 1. The Morgan fingerprint density at radius 2 is 2.09 bits per heavy atom. The minimum Gasteiger partial charge on any atom is -0.506 e. The fourth-order valence-electron chi connectivity index (χ4n) is 0.438. The number of nitrogens with two attached hydrogens (primary N) is 1. The van der Waals surface area contributed by atoms with Crippen LogP contribution >= 0.6 is 15.9 Å². The number of nitrogen functional groups attached to an aromatic ring is 1. The van der Waals surface area contributed by atoms with E-state index in [1.165, 1.54) is 12.3 Å². The number of rotatable bonds is 0. The van der Waals surface area contributed by atoms with Gasteiger partial charge in [-0.05, 0) is 22.0 Å². The molecule has 11 heavy (non-hydrogen) atoms. The molecule has 1 heterocycles. The first-order valence-corrected chi connectivity index (χ1v) is 4.09. The van der Waals surface area contributed by atoms with Crippen LogP contribution in [0.2, 0.25) is 0 Å². The SMILES string of the molecule is CC.Nc1ncc(O)cc1Br. The Kier molecular flexibility index (Phi) is 4.61. The molecule has 0 atom stereocenters. The Hall–Kier alpha value is -0.770. The molecule has 62 valence electrons. The fourth-order valence-corrected chi connectivity index (χ4v) is 0.775. The lowest BCUT2D eigenvalue weighted by Gasteiger charge is -1.94. The zero-order valence-corrected chi connectivity index (χ0v) is 8.09. The molecule has 0 radical (unpaired) electrons. The Balaban J connectivity index is 0.000000461. The topological polar surface area (TPSA) is 59.1 Å². The summed E-state index contributed by atoms with van der Waals surface area (Å²) in [6.45, 7) is 4.00. The molecule has 0 saturated heterocycles. The second-order valence-electron chi connectivity index (χ2n) is 1.56. The van der Waals surface area contributed by atoms with Gasteiger partial charge in [-0.3, -0.25) is 0 Å². The van der Waals surface area contributed by atoms with Crippen LogP contribution in [0.4, 0.5) is 5.82 Å². The highest BCUT2D eigenvalue weighted by Crippen LogP contribution is 2.20. The van der Waals surface area contributed by atoms with Gasteiger partial charge in [-0.25, -0.2) is 4.98 Å². The van der Waals surface area contributed by atoms with Crippen LogP contribution in [-0.2, 0) is 0 Å². The average molecular weight is 219 g/mol. The van der Waals surface area contributed by atoms with E-state index in [2.05, 4.69) is 20.9 Å². The molecule has 3 nitrogen and oxygen atoms in total. The van der Waals surface area contributed by atoms with Crippen LogP contribution in [-0.4, -0.2) is 10.1 Å². The van der Waals surface area contributed by atoms with Crippen molar-refractivity contribution in [3.8, 4) is 5.75 Å². The normalized spacial score (nSPS) is 8.27. The summed E-state index contributed by atoms with van der Waals surface area (Å²) in [5.41, 5.74) is 5.32. The monoisotopic (exact) mass is 218 g/mol. The molecular formula is C7H11BrN2O. The van der Waals surface area contributed by atoms with Crippen LogP contribution in [0.3, 0.4) is 0 Å². The zero-order valence-electron chi connectivity index (χ0n) is 6.50. The van der Waals surface area contributed by atoms with Crippen LogP contribution in [0.5, 0.6) is 5.75 Å². The van der Waals surface area contributed by atoms with Gasteiger partial charge in [-0.1, -0.05) is 13.8 Å². The maximum absolute atomic E-state index is 8.79. The van der Waals surface area contributed by atoms with E-state index in [1.54, 1.807) is 0 Å². The van der Waals surface area contributed by atoms with Crippen LogP contribution in [0.25, 0.3) is 0 Å². The Morgan fingerprint density at radius 1 is 1.55 bits per heavy atom. The summed E-state index contributed by atoms with van der Waals surface area (Å²) in [6.07, 6.45) is 1.29. The molecule has 0 aliphatic carbocycles. The molecule has 0 saturated carbocycles. The number of hydrogen-bond donors (Lipinski definition) is 2. The Labute approximate surface area is 74.4 Å². The summed E-state index contributed by atoms with van der Waals surface area (Å²) >= 11 is 3.10. The highest BCUT2D eigenvalue weighted by atomic mass is 79.9. The molecule has 1 aromatic heterocycles. The molecule has 1 rings (SSSR count). The smallest absolute Gasteiger partial charge is 0.137 e. The van der Waals surface area contributed by atoms with Gasteiger partial charge >= 0.3 is 0 Å². The Morgan fingerprint density at radius 3 is 2.45 bits per heavy atom. The largest absolute Gasteiger partial charge is 0.506 e. The molecule has 0 aliphatic heterocycles. The summed E-state index contributed by atoms with van der Waals surface area (Å²) in [5, 5.41) is 8.79. The first-order chi connectivity index (χ1) is 5.20. The summed E-state index contributed by atoms with van der Waals surface area (Å²) in [7, 11) is 0. The molecule has 1 aromatic rings. The molecule has 0 amide bonds. The molecule has 0 spiro atoms. The summed E-state index contributed by atoms with van der Waals surface area (Å²) in [4.78, 5) is 3.66. The molecular weight excluding hydrogens is 208 g/mol. The van der Waals surface area contributed by atoms with Crippen molar-refractivity contribution in [2.45, 2.75) is 13.8 Å². The lowest BCUT2D eigenvalue weighted by Crippen LogP contribution is -1.89. The van der Waals surface area contributed by atoms with Gasteiger partial charge in [0.05, 0.1) is 10.7 Å². The van der Waals surface area contributed by atoms with Crippen LogP contribution in [0.1, 0.15) is 13.8 Å². The highest BCUT2D eigenvalue weighted by Gasteiger charge is 1.95. The van der Waals surface area contributed by atoms with E-state index in [9.17, 15) is 0 Å². The average Bonchev–Trinajstić information content (AvgIpc) is 2.02. The van der Waals surface area contributed by atoms with E-state index in [0.717, 1.165) is 0 Å². The maximum Gasteiger partial charge on any atom is 0.137 e. The molecule has 0 aliphatic rings. The maximum atomic E-state index is 8.79. The molecule has 3 N–H and O–H groups in total. The predicted octanol–water partition coefficient (Wildman–Crippen LogP) is 2.16. The second kappa shape index (κ2) is 4.96. The van der Waals surface area contributed by atoms with Gasteiger partial charge in [0.1, 0.15) is 11.6 Å². The third-order valence-corrected chi connectivity index (χ3v) is 1.49. The summed E-state index contributed by atoms with van der Waals surface area (Å²) in [6, 6.07) is 1.49. The van der Waals surface area contributed by atoms with Crippen molar-refractivity contribution in [1.29, 1.82) is 0 Å². The highest BCUT2D eigenvalue weighted by molar-refractivity contribution is 9.10. The van der Waals surface area contributed by atoms with E-state index < -0.39 is 0 Å². The van der Waals surface area contributed by atoms with Crippen molar-refractivity contribution in [2.75, 3.05) is 5.73 Å². The standard InChI is InChI=1S/C5H5BrN2O.C2H6/c6-4-1-3(9)2-8-5(4)7;1-2/h1-2,9H,(H2,7,8);1-2H3. The van der Waals surface area contributed by atoms with Crippen molar-refractivity contribution in [1.82, 2.24) is 4.98 Å². The van der Waals surface area contributed by atoms with Gasteiger partial charge in [0.2, 0.25) is 0 Å². The van der Waals surface area contributed by atoms with E-state index in [0.29, 0.717) is 10.3 Å². The number of hydrogen-bond acceptors (Lipinski definition) is 3. The first-order valence-electron chi connectivity index (χ1n) is 3.30. The number of halogens is 1. The molecule has 0 aromatic carbocycles. The van der Waals surface area contributed by atoms with Crippen molar-refractivity contribution < 1.29 is 5.11 Å². The van der Waals surface area contributed by atoms with Crippen LogP contribution in [0, 0.1) is 0 Å². The number of aromatic hydroxyl groups is 1. The van der Waals surface area contributed by atoms with Gasteiger partial charge < -0.3 is 10.8 Å². The number of anilines is 1. The van der Waals surface area contributed by atoms with Gasteiger partial charge in [0.25, 0.3) is 0 Å². The third kappa shape index (κ3) is 3.23. The minimum atomic E-state index is 0.107. The first kappa shape index (κ1) is 10.2. The van der Waals surface area contributed by atoms with Crippen molar-refractivity contribution in [3.05, 3.63) is 16.7 Å². The molecule has 0 fully saturated rings. The van der Waals surface area contributed by atoms with Gasteiger partial charge in [0, 0.05) is 0 Å². The predicted molar refractivity (Wildman–Crippen MR) is 49.4 cm³/mol.